The lowest BCUT2D eigenvalue weighted by Gasteiger charge is -2.16. The second kappa shape index (κ2) is 9.20. The summed E-state index contributed by atoms with van der Waals surface area (Å²) in [6.45, 7) is 3.63. The SMILES string of the molecule is Cc1c(NCC(=O)Nc2ccc(C(=O)N3CCCC3)cc2)cccc1NC(=O)C1CC1. The minimum Gasteiger partial charge on any atom is -0.376 e. The van der Waals surface area contributed by atoms with E-state index in [1.807, 2.05) is 30.0 Å². The highest BCUT2D eigenvalue weighted by Gasteiger charge is 2.29. The summed E-state index contributed by atoms with van der Waals surface area (Å²) in [5.41, 5.74) is 3.75. The lowest BCUT2D eigenvalue weighted by atomic mass is 10.1. The van der Waals surface area contributed by atoms with Crippen molar-refractivity contribution < 1.29 is 14.4 Å². The molecule has 7 heteroatoms. The molecule has 1 aliphatic carbocycles. The summed E-state index contributed by atoms with van der Waals surface area (Å²) in [5, 5.41) is 8.94. The number of nitrogens with one attached hydrogen (secondary N) is 3. The van der Waals surface area contributed by atoms with Gasteiger partial charge in [-0.3, -0.25) is 14.4 Å². The number of carbonyl (C=O) groups is 3. The lowest BCUT2D eigenvalue weighted by Crippen LogP contribution is -2.27. The maximum absolute atomic E-state index is 12.4. The van der Waals surface area contributed by atoms with Crippen molar-refractivity contribution in [2.45, 2.75) is 32.6 Å². The molecule has 4 rings (SSSR count). The van der Waals surface area contributed by atoms with Gasteiger partial charge in [-0.1, -0.05) is 6.07 Å². The molecule has 162 valence electrons. The summed E-state index contributed by atoms with van der Waals surface area (Å²) in [4.78, 5) is 38.7. The Hall–Kier alpha value is -3.35. The van der Waals surface area contributed by atoms with E-state index in [2.05, 4.69) is 16.0 Å². The average molecular weight is 421 g/mol. The predicted molar refractivity (Wildman–Crippen MR) is 121 cm³/mol. The third kappa shape index (κ3) is 5.23. The molecule has 2 aliphatic rings. The Kier molecular flexibility index (Phi) is 6.21. The van der Waals surface area contributed by atoms with Crippen LogP contribution in [0.4, 0.5) is 17.1 Å². The van der Waals surface area contributed by atoms with E-state index in [0.717, 1.165) is 55.7 Å². The molecule has 1 heterocycles. The summed E-state index contributed by atoms with van der Waals surface area (Å²) < 4.78 is 0. The van der Waals surface area contributed by atoms with Crippen LogP contribution in [0.3, 0.4) is 0 Å². The molecule has 2 aromatic rings. The first-order valence-electron chi connectivity index (χ1n) is 10.8. The van der Waals surface area contributed by atoms with E-state index >= 15 is 0 Å². The van der Waals surface area contributed by atoms with E-state index in [1.165, 1.54) is 0 Å². The summed E-state index contributed by atoms with van der Waals surface area (Å²) in [6, 6.07) is 12.6. The zero-order valence-electron chi connectivity index (χ0n) is 17.7. The van der Waals surface area contributed by atoms with Gasteiger partial charge in [0, 0.05) is 41.6 Å². The van der Waals surface area contributed by atoms with Crippen LogP contribution < -0.4 is 16.0 Å². The standard InChI is InChI=1S/C24H28N4O3/c1-16-20(5-4-6-21(16)27-23(30)17-7-8-17)25-15-22(29)26-19-11-9-18(10-12-19)24(31)28-13-2-3-14-28/h4-6,9-12,17,25H,2-3,7-8,13-15H2,1H3,(H,26,29)(H,27,30). The third-order valence-corrected chi connectivity index (χ3v) is 5.79. The molecule has 0 spiro atoms. The van der Waals surface area contributed by atoms with Crippen molar-refractivity contribution in [2.24, 2.45) is 5.92 Å². The van der Waals surface area contributed by atoms with Crippen LogP contribution in [0.1, 0.15) is 41.6 Å². The summed E-state index contributed by atoms with van der Waals surface area (Å²) in [6.07, 6.45) is 4.02. The van der Waals surface area contributed by atoms with Gasteiger partial charge < -0.3 is 20.9 Å². The highest BCUT2D eigenvalue weighted by atomic mass is 16.2. The van der Waals surface area contributed by atoms with Crippen LogP contribution in [0.25, 0.3) is 0 Å². The fourth-order valence-corrected chi connectivity index (χ4v) is 3.72. The molecule has 0 atom stereocenters. The van der Waals surface area contributed by atoms with Gasteiger partial charge in [0.05, 0.1) is 6.54 Å². The molecule has 0 bridgehead atoms. The van der Waals surface area contributed by atoms with Gasteiger partial charge in [0.2, 0.25) is 11.8 Å². The maximum Gasteiger partial charge on any atom is 0.253 e. The van der Waals surface area contributed by atoms with Crippen molar-refractivity contribution in [1.29, 1.82) is 0 Å². The zero-order valence-corrected chi connectivity index (χ0v) is 17.7. The van der Waals surface area contributed by atoms with Crippen molar-refractivity contribution in [3.05, 3.63) is 53.6 Å². The minimum absolute atomic E-state index is 0.0428. The Balaban J connectivity index is 1.30. The molecule has 31 heavy (non-hydrogen) atoms. The number of hydrogen-bond acceptors (Lipinski definition) is 4. The largest absolute Gasteiger partial charge is 0.376 e. The van der Waals surface area contributed by atoms with E-state index in [1.54, 1.807) is 24.3 Å². The number of nitrogens with zero attached hydrogens (tertiary/aromatic N) is 1. The molecule has 1 saturated carbocycles. The Morgan fingerprint density at radius 3 is 2.29 bits per heavy atom. The fraction of sp³-hybridized carbons (Fsp3) is 0.375. The minimum atomic E-state index is -0.189. The fourth-order valence-electron chi connectivity index (χ4n) is 3.72. The average Bonchev–Trinajstić information content (AvgIpc) is 3.49. The van der Waals surface area contributed by atoms with Gasteiger partial charge in [-0.05, 0) is 74.6 Å². The number of carbonyl (C=O) groups excluding carboxylic acids is 3. The number of likely N-dealkylation sites (tertiary alicyclic amines) is 1. The Morgan fingerprint density at radius 2 is 1.61 bits per heavy atom. The Labute approximate surface area is 182 Å². The normalized spacial score (nSPS) is 15.5. The topological polar surface area (TPSA) is 90.5 Å². The van der Waals surface area contributed by atoms with E-state index in [4.69, 9.17) is 0 Å². The number of anilines is 3. The van der Waals surface area contributed by atoms with Gasteiger partial charge in [-0.15, -0.1) is 0 Å². The molecule has 0 unspecified atom stereocenters. The highest BCUT2D eigenvalue weighted by molar-refractivity contribution is 5.97. The van der Waals surface area contributed by atoms with Crippen LogP contribution in [-0.2, 0) is 9.59 Å². The molecule has 2 aromatic carbocycles. The van der Waals surface area contributed by atoms with Gasteiger partial charge in [-0.25, -0.2) is 0 Å². The first kappa shape index (κ1) is 20.9. The zero-order chi connectivity index (χ0) is 21.8. The number of amides is 3. The van der Waals surface area contributed by atoms with E-state index in [-0.39, 0.29) is 30.2 Å². The van der Waals surface area contributed by atoms with Gasteiger partial charge >= 0.3 is 0 Å². The van der Waals surface area contributed by atoms with Crippen molar-refractivity contribution in [1.82, 2.24) is 4.90 Å². The molecule has 1 saturated heterocycles. The monoisotopic (exact) mass is 420 g/mol. The first-order valence-corrected chi connectivity index (χ1v) is 10.8. The van der Waals surface area contributed by atoms with Gasteiger partial charge in [0.25, 0.3) is 5.91 Å². The molecule has 7 nitrogen and oxygen atoms in total. The molecule has 3 amide bonds. The van der Waals surface area contributed by atoms with Crippen LogP contribution in [0.15, 0.2) is 42.5 Å². The van der Waals surface area contributed by atoms with Crippen molar-refractivity contribution in [2.75, 3.05) is 35.6 Å². The molecule has 2 fully saturated rings. The van der Waals surface area contributed by atoms with Gasteiger partial charge in [0.1, 0.15) is 0 Å². The van der Waals surface area contributed by atoms with Crippen LogP contribution in [0.5, 0.6) is 0 Å². The second-order valence-electron chi connectivity index (χ2n) is 8.22. The first-order chi connectivity index (χ1) is 15.0. The Morgan fingerprint density at radius 1 is 0.935 bits per heavy atom. The third-order valence-electron chi connectivity index (χ3n) is 5.79. The maximum atomic E-state index is 12.4. The molecule has 0 radical (unpaired) electrons. The summed E-state index contributed by atoms with van der Waals surface area (Å²) in [5.74, 6) is 0.0510. The molecular formula is C24H28N4O3. The molecule has 3 N–H and O–H groups in total. The molecule has 0 aromatic heterocycles. The predicted octanol–water partition coefficient (Wildman–Crippen LogP) is 3.63. The number of benzene rings is 2. The smallest absolute Gasteiger partial charge is 0.253 e. The van der Waals surface area contributed by atoms with Gasteiger partial charge in [-0.2, -0.15) is 0 Å². The highest BCUT2D eigenvalue weighted by Crippen LogP contribution is 2.31. The van der Waals surface area contributed by atoms with E-state index < -0.39 is 0 Å². The summed E-state index contributed by atoms with van der Waals surface area (Å²) in [7, 11) is 0. The van der Waals surface area contributed by atoms with Crippen LogP contribution in [0, 0.1) is 12.8 Å². The molecular weight excluding hydrogens is 392 g/mol. The van der Waals surface area contributed by atoms with Crippen molar-refractivity contribution in [3.8, 4) is 0 Å². The molecule has 1 aliphatic heterocycles. The van der Waals surface area contributed by atoms with Crippen LogP contribution >= 0.6 is 0 Å². The second-order valence-corrected chi connectivity index (χ2v) is 8.22. The number of hydrogen-bond donors (Lipinski definition) is 3. The summed E-state index contributed by atoms with van der Waals surface area (Å²) >= 11 is 0. The Bertz CT molecular complexity index is 977. The lowest BCUT2D eigenvalue weighted by molar-refractivity contribution is -0.117. The van der Waals surface area contributed by atoms with E-state index in [0.29, 0.717) is 11.3 Å². The quantitative estimate of drug-likeness (QED) is 0.638. The number of rotatable bonds is 7. The van der Waals surface area contributed by atoms with Crippen molar-refractivity contribution in [3.63, 3.8) is 0 Å². The van der Waals surface area contributed by atoms with Crippen molar-refractivity contribution >= 4 is 34.8 Å². The van der Waals surface area contributed by atoms with Crippen LogP contribution in [-0.4, -0.2) is 42.3 Å². The van der Waals surface area contributed by atoms with Gasteiger partial charge in [0.15, 0.2) is 0 Å². The van der Waals surface area contributed by atoms with E-state index in [9.17, 15) is 14.4 Å². The van der Waals surface area contributed by atoms with Crippen LogP contribution in [0.2, 0.25) is 0 Å².